The smallest absolute Gasteiger partial charge is 0.340 e. The lowest BCUT2D eigenvalue weighted by Gasteiger charge is -2.11. The fraction of sp³-hybridized carbons (Fsp3) is 0.500. The average molecular weight is 431 g/mol. The SMILES string of the molecule is CCCOC(=O)c1c(C)n(S(=O)(=O)CC)c2cc(C)c(NS(=O)(=O)CC)cc12. The molecule has 0 radical (unpaired) electrons. The topological polar surface area (TPSA) is 112 Å². The number of fused-ring (bicyclic) bond motifs is 1. The minimum Gasteiger partial charge on any atom is -0.462 e. The highest BCUT2D eigenvalue weighted by Crippen LogP contribution is 2.33. The number of carbonyl (C=O) groups is 1. The molecule has 0 aliphatic carbocycles. The molecule has 2 aromatic rings. The van der Waals surface area contributed by atoms with E-state index in [0.29, 0.717) is 28.6 Å². The van der Waals surface area contributed by atoms with Crippen molar-refractivity contribution >= 4 is 42.6 Å². The van der Waals surface area contributed by atoms with Crippen LogP contribution in [0.3, 0.4) is 0 Å². The van der Waals surface area contributed by atoms with Crippen molar-refractivity contribution in [3.63, 3.8) is 0 Å². The van der Waals surface area contributed by atoms with Crippen molar-refractivity contribution in [2.75, 3.05) is 22.8 Å². The van der Waals surface area contributed by atoms with Crippen LogP contribution in [-0.2, 0) is 24.8 Å². The lowest BCUT2D eigenvalue weighted by atomic mass is 10.1. The van der Waals surface area contributed by atoms with E-state index in [2.05, 4.69) is 4.72 Å². The van der Waals surface area contributed by atoms with Crippen LogP contribution in [-0.4, -0.2) is 44.9 Å². The molecular formula is C18H26N2O6S2. The number of nitrogens with one attached hydrogen (secondary N) is 1. The van der Waals surface area contributed by atoms with Gasteiger partial charge in [-0.2, -0.15) is 0 Å². The lowest BCUT2D eigenvalue weighted by Crippen LogP contribution is -2.17. The monoisotopic (exact) mass is 430 g/mol. The maximum Gasteiger partial charge on any atom is 0.340 e. The zero-order valence-electron chi connectivity index (χ0n) is 16.7. The number of hydrogen-bond acceptors (Lipinski definition) is 6. The Labute approximate surface area is 166 Å². The largest absolute Gasteiger partial charge is 0.462 e. The third-order valence-corrected chi connectivity index (χ3v) is 7.47. The molecule has 0 bridgehead atoms. The summed E-state index contributed by atoms with van der Waals surface area (Å²) in [5.41, 5.74) is 1.53. The number of esters is 1. The molecular weight excluding hydrogens is 404 g/mol. The first-order valence-corrected chi connectivity index (χ1v) is 12.3. The Morgan fingerprint density at radius 3 is 2.25 bits per heavy atom. The zero-order chi connectivity index (χ0) is 21.3. The van der Waals surface area contributed by atoms with Crippen LogP contribution in [0, 0.1) is 13.8 Å². The van der Waals surface area contributed by atoms with Gasteiger partial charge in [-0.15, -0.1) is 0 Å². The second-order valence-electron chi connectivity index (χ2n) is 6.45. The van der Waals surface area contributed by atoms with Gasteiger partial charge >= 0.3 is 5.97 Å². The van der Waals surface area contributed by atoms with E-state index < -0.39 is 26.0 Å². The van der Waals surface area contributed by atoms with E-state index >= 15 is 0 Å². The Balaban J connectivity index is 2.85. The van der Waals surface area contributed by atoms with Gasteiger partial charge in [0.05, 0.1) is 34.9 Å². The van der Waals surface area contributed by atoms with Crippen LogP contribution in [0.15, 0.2) is 12.1 Å². The van der Waals surface area contributed by atoms with Crippen molar-refractivity contribution < 1.29 is 26.4 Å². The summed E-state index contributed by atoms with van der Waals surface area (Å²) in [7, 11) is -7.23. The Hall–Kier alpha value is -2.07. The molecule has 1 aromatic heterocycles. The van der Waals surface area contributed by atoms with Crippen LogP contribution in [0.4, 0.5) is 5.69 Å². The molecule has 0 saturated carbocycles. The van der Waals surface area contributed by atoms with Crippen molar-refractivity contribution in [3.05, 3.63) is 29.0 Å². The van der Waals surface area contributed by atoms with Crippen LogP contribution < -0.4 is 4.72 Å². The minimum absolute atomic E-state index is 0.111. The van der Waals surface area contributed by atoms with Gasteiger partial charge in [0, 0.05) is 11.1 Å². The number of benzene rings is 1. The molecule has 0 saturated heterocycles. The Bertz CT molecular complexity index is 1110. The number of carbonyl (C=O) groups excluding carboxylic acids is 1. The molecule has 0 aliphatic rings. The number of sulfonamides is 1. The highest BCUT2D eigenvalue weighted by molar-refractivity contribution is 7.92. The Morgan fingerprint density at radius 1 is 1.07 bits per heavy atom. The van der Waals surface area contributed by atoms with Gasteiger partial charge in [0.25, 0.3) is 0 Å². The summed E-state index contributed by atoms with van der Waals surface area (Å²) in [6.07, 6.45) is 0.622. The summed E-state index contributed by atoms with van der Waals surface area (Å²) in [6.45, 7) is 8.30. The number of aromatic nitrogens is 1. The van der Waals surface area contributed by atoms with Crippen LogP contribution in [0.25, 0.3) is 10.9 Å². The quantitative estimate of drug-likeness (QED) is 0.645. The molecule has 0 spiro atoms. The predicted molar refractivity (Wildman–Crippen MR) is 110 cm³/mol. The summed E-state index contributed by atoms with van der Waals surface area (Å²) in [6, 6.07) is 3.06. The molecule has 1 N–H and O–H groups in total. The minimum atomic E-state index is -3.69. The second-order valence-corrected chi connectivity index (χ2v) is 10.6. The van der Waals surface area contributed by atoms with Gasteiger partial charge < -0.3 is 4.74 Å². The van der Waals surface area contributed by atoms with Crippen molar-refractivity contribution in [3.8, 4) is 0 Å². The van der Waals surface area contributed by atoms with Gasteiger partial charge in [-0.1, -0.05) is 6.92 Å². The second kappa shape index (κ2) is 8.12. The fourth-order valence-electron chi connectivity index (χ4n) is 2.90. The van der Waals surface area contributed by atoms with Gasteiger partial charge in [0.15, 0.2) is 0 Å². The standard InChI is InChI=1S/C18H26N2O6S2/c1-6-9-26-18(21)17-13(5)20(28(24,25)8-3)16-10-12(4)15(11-14(16)17)19-27(22,23)7-2/h10-11,19H,6-9H2,1-5H3. The number of anilines is 1. The first-order chi connectivity index (χ1) is 13.0. The zero-order valence-corrected chi connectivity index (χ0v) is 18.3. The maximum atomic E-state index is 12.7. The summed E-state index contributed by atoms with van der Waals surface area (Å²) in [5.74, 6) is -0.896. The van der Waals surface area contributed by atoms with Gasteiger partial charge in [0.1, 0.15) is 0 Å². The normalized spacial score (nSPS) is 12.3. The third-order valence-electron chi connectivity index (χ3n) is 4.43. The van der Waals surface area contributed by atoms with Crippen molar-refractivity contribution in [1.29, 1.82) is 0 Å². The van der Waals surface area contributed by atoms with E-state index in [0.717, 1.165) is 3.97 Å². The van der Waals surface area contributed by atoms with Gasteiger partial charge in [-0.25, -0.2) is 25.6 Å². The molecule has 10 heteroatoms. The lowest BCUT2D eigenvalue weighted by molar-refractivity contribution is 0.0506. The van der Waals surface area contributed by atoms with E-state index in [-0.39, 0.29) is 29.4 Å². The maximum absolute atomic E-state index is 12.7. The molecule has 156 valence electrons. The molecule has 1 heterocycles. The first kappa shape index (κ1) is 22.2. The van der Waals surface area contributed by atoms with Gasteiger partial charge in [0.2, 0.25) is 20.0 Å². The first-order valence-electron chi connectivity index (χ1n) is 9.05. The highest BCUT2D eigenvalue weighted by Gasteiger charge is 2.27. The van der Waals surface area contributed by atoms with E-state index in [1.807, 2.05) is 6.92 Å². The summed E-state index contributed by atoms with van der Waals surface area (Å²) in [4.78, 5) is 12.6. The summed E-state index contributed by atoms with van der Waals surface area (Å²) in [5, 5.41) is 0.329. The number of aryl methyl sites for hydroxylation is 1. The van der Waals surface area contributed by atoms with Crippen molar-refractivity contribution in [1.82, 2.24) is 3.97 Å². The van der Waals surface area contributed by atoms with E-state index in [1.165, 1.54) is 19.9 Å². The molecule has 0 fully saturated rings. The fourth-order valence-corrected chi connectivity index (χ4v) is 4.82. The molecule has 1 aromatic carbocycles. The van der Waals surface area contributed by atoms with Gasteiger partial charge in [-0.3, -0.25) is 4.72 Å². The van der Waals surface area contributed by atoms with Crippen LogP contribution in [0.2, 0.25) is 0 Å². The Morgan fingerprint density at radius 2 is 1.71 bits per heavy atom. The molecule has 0 aliphatic heterocycles. The van der Waals surface area contributed by atoms with Gasteiger partial charge in [-0.05, 0) is 51.8 Å². The highest BCUT2D eigenvalue weighted by atomic mass is 32.2. The average Bonchev–Trinajstić information content (AvgIpc) is 2.91. The van der Waals surface area contributed by atoms with Crippen LogP contribution in [0.5, 0.6) is 0 Å². The third kappa shape index (κ3) is 4.17. The van der Waals surface area contributed by atoms with Crippen molar-refractivity contribution in [2.45, 2.75) is 41.0 Å². The van der Waals surface area contributed by atoms with E-state index in [1.54, 1.807) is 19.9 Å². The molecule has 0 unspecified atom stereocenters. The van der Waals surface area contributed by atoms with Crippen molar-refractivity contribution in [2.24, 2.45) is 0 Å². The summed E-state index contributed by atoms with van der Waals surface area (Å²) >= 11 is 0. The molecule has 0 atom stereocenters. The Kier molecular flexibility index (Phi) is 6.44. The van der Waals surface area contributed by atoms with E-state index in [9.17, 15) is 21.6 Å². The molecule has 2 rings (SSSR count). The predicted octanol–water partition coefficient (Wildman–Crippen LogP) is 2.78. The molecule has 8 nitrogen and oxygen atoms in total. The number of ether oxygens (including phenoxy) is 1. The molecule has 28 heavy (non-hydrogen) atoms. The van der Waals surface area contributed by atoms with Crippen LogP contribution >= 0.6 is 0 Å². The number of hydrogen-bond donors (Lipinski definition) is 1. The summed E-state index contributed by atoms with van der Waals surface area (Å²) < 4.78 is 58.1. The number of nitrogens with zero attached hydrogens (tertiary/aromatic N) is 1. The van der Waals surface area contributed by atoms with Crippen LogP contribution in [0.1, 0.15) is 48.8 Å². The number of rotatable bonds is 8. The molecule has 0 amide bonds. The van der Waals surface area contributed by atoms with E-state index in [4.69, 9.17) is 4.74 Å².